The summed E-state index contributed by atoms with van der Waals surface area (Å²) >= 11 is 0. The van der Waals surface area contributed by atoms with Gasteiger partial charge in [-0.3, -0.25) is 9.59 Å². The first kappa shape index (κ1) is 21.1. The molecule has 150 valence electrons. The summed E-state index contributed by atoms with van der Waals surface area (Å²) in [6.45, 7) is 8.96. The van der Waals surface area contributed by atoms with Crippen LogP contribution in [0.2, 0.25) is 0 Å². The molecule has 1 N–H and O–H groups in total. The van der Waals surface area contributed by atoms with Crippen molar-refractivity contribution in [3.63, 3.8) is 0 Å². The van der Waals surface area contributed by atoms with Crippen molar-refractivity contribution in [2.45, 2.75) is 40.0 Å². The van der Waals surface area contributed by atoms with E-state index in [4.69, 9.17) is 4.74 Å². The monoisotopic (exact) mass is 375 g/mol. The number of piperazine rings is 1. The average Bonchev–Trinajstić information content (AvgIpc) is 2.70. The van der Waals surface area contributed by atoms with E-state index in [-0.39, 0.29) is 11.8 Å². The number of carbonyl (C=O) groups excluding carboxylic acids is 2. The predicted molar refractivity (Wildman–Crippen MR) is 108 cm³/mol. The van der Waals surface area contributed by atoms with Crippen molar-refractivity contribution in [3.05, 3.63) is 24.3 Å². The molecular weight excluding hydrogens is 342 g/mol. The molecule has 6 nitrogen and oxygen atoms in total. The molecule has 1 aromatic carbocycles. The summed E-state index contributed by atoms with van der Waals surface area (Å²) in [6.07, 6.45) is 3.14. The number of benzene rings is 1. The Balaban J connectivity index is 1.87. The molecular formula is C21H33N3O3. The van der Waals surface area contributed by atoms with Gasteiger partial charge in [-0.1, -0.05) is 19.8 Å². The third-order valence-corrected chi connectivity index (χ3v) is 5.17. The zero-order chi connectivity index (χ0) is 19.9. The van der Waals surface area contributed by atoms with E-state index in [1.54, 1.807) is 21.0 Å². The van der Waals surface area contributed by atoms with E-state index < -0.39 is 5.41 Å². The minimum atomic E-state index is -1.03. The van der Waals surface area contributed by atoms with Crippen molar-refractivity contribution in [2.75, 3.05) is 44.7 Å². The minimum absolute atomic E-state index is 0.0927. The second kappa shape index (κ2) is 9.62. The first-order valence-electron chi connectivity index (χ1n) is 9.86. The van der Waals surface area contributed by atoms with Crippen LogP contribution in [-0.4, -0.2) is 56.5 Å². The lowest BCUT2D eigenvalue weighted by Gasteiger charge is -2.39. The highest BCUT2D eigenvalue weighted by Crippen LogP contribution is 2.24. The molecule has 0 aliphatic carbocycles. The van der Waals surface area contributed by atoms with Gasteiger partial charge in [-0.15, -0.1) is 0 Å². The summed E-state index contributed by atoms with van der Waals surface area (Å²) in [5.41, 5.74) is 0.0879. The highest BCUT2D eigenvalue weighted by Gasteiger charge is 2.39. The summed E-state index contributed by atoms with van der Waals surface area (Å²) in [5.74, 6) is 0.560. The summed E-state index contributed by atoms with van der Waals surface area (Å²) in [4.78, 5) is 29.4. The normalized spacial score (nSPS) is 14.8. The number of nitrogens with one attached hydrogen (secondary N) is 1. The molecule has 0 spiro atoms. The average molecular weight is 376 g/mol. The standard InChI is InChI=1S/C21H33N3O3/c1-5-6-7-12-22-19(25)21(2,3)20(26)24-15-13-23(14-16-24)17-8-10-18(27-4)11-9-17/h8-11H,5-7,12-16H2,1-4H3,(H,22,25). The van der Waals surface area contributed by atoms with Crippen molar-refractivity contribution in [1.82, 2.24) is 10.2 Å². The van der Waals surface area contributed by atoms with Crippen LogP contribution in [0.15, 0.2) is 24.3 Å². The van der Waals surface area contributed by atoms with E-state index in [1.807, 2.05) is 29.2 Å². The molecule has 0 unspecified atom stereocenters. The second-order valence-electron chi connectivity index (χ2n) is 7.57. The summed E-state index contributed by atoms with van der Waals surface area (Å²) in [5, 5.41) is 2.91. The van der Waals surface area contributed by atoms with Crippen LogP contribution >= 0.6 is 0 Å². The molecule has 2 rings (SSSR count). The first-order valence-corrected chi connectivity index (χ1v) is 9.86. The third-order valence-electron chi connectivity index (χ3n) is 5.17. The molecule has 0 radical (unpaired) electrons. The molecule has 1 aliphatic rings. The van der Waals surface area contributed by atoms with Crippen LogP contribution in [0.5, 0.6) is 5.75 Å². The molecule has 1 aliphatic heterocycles. The quantitative estimate of drug-likeness (QED) is 0.561. The van der Waals surface area contributed by atoms with Gasteiger partial charge in [0.2, 0.25) is 11.8 Å². The molecule has 2 amide bonds. The smallest absolute Gasteiger partial charge is 0.237 e. The Labute approximate surface area is 162 Å². The molecule has 1 aromatic rings. The Bertz CT molecular complexity index is 620. The zero-order valence-corrected chi connectivity index (χ0v) is 17.1. The molecule has 0 bridgehead atoms. The van der Waals surface area contributed by atoms with Crippen molar-refractivity contribution in [1.29, 1.82) is 0 Å². The van der Waals surface area contributed by atoms with E-state index in [2.05, 4.69) is 17.1 Å². The maximum Gasteiger partial charge on any atom is 0.237 e. The number of hydrogen-bond donors (Lipinski definition) is 1. The minimum Gasteiger partial charge on any atom is -0.497 e. The Hall–Kier alpha value is -2.24. The fraction of sp³-hybridized carbons (Fsp3) is 0.619. The van der Waals surface area contributed by atoms with Gasteiger partial charge < -0.3 is 19.9 Å². The number of hydrogen-bond acceptors (Lipinski definition) is 4. The SMILES string of the molecule is CCCCCNC(=O)C(C)(C)C(=O)N1CCN(c2ccc(OC)cc2)CC1. The Morgan fingerprint density at radius 3 is 2.26 bits per heavy atom. The highest BCUT2D eigenvalue weighted by atomic mass is 16.5. The zero-order valence-electron chi connectivity index (χ0n) is 17.1. The number of anilines is 1. The van der Waals surface area contributed by atoms with Crippen LogP contribution < -0.4 is 15.0 Å². The number of unbranched alkanes of at least 4 members (excludes halogenated alkanes) is 2. The molecule has 0 aromatic heterocycles. The van der Waals surface area contributed by atoms with Gasteiger partial charge in [0.25, 0.3) is 0 Å². The van der Waals surface area contributed by atoms with Crippen molar-refractivity contribution >= 4 is 17.5 Å². The highest BCUT2D eigenvalue weighted by molar-refractivity contribution is 6.04. The molecule has 1 heterocycles. The Morgan fingerprint density at radius 1 is 1.07 bits per heavy atom. The number of amides is 2. The van der Waals surface area contributed by atoms with Crippen LogP contribution in [-0.2, 0) is 9.59 Å². The lowest BCUT2D eigenvalue weighted by Crippen LogP contribution is -2.55. The molecule has 27 heavy (non-hydrogen) atoms. The largest absolute Gasteiger partial charge is 0.497 e. The molecule has 1 saturated heterocycles. The molecule has 6 heteroatoms. The van der Waals surface area contributed by atoms with Crippen molar-refractivity contribution in [2.24, 2.45) is 5.41 Å². The van der Waals surface area contributed by atoms with Crippen LogP contribution in [0.25, 0.3) is 0 Å². The topological polar surface area (TPSA) is 61.9 Å². The maximum atomic E-state index is 12.9. The summed E-state index contributed by atoms with van der Waals surface area (Å²) < 4.78 is 5.20. The molecule has 0 saturated carbocycles. The van der Waals surface area contributed by atoms with Gasteiger partial charge in [-0.25, -0.2) is 0 Å². The maximum absolute atomic E-state index is 12.9. The van der Waals surface area contributed by atoms with E-state index in [0.29, 0.717) is 19.6 Å². The van der Waals surface area contributed by atoms with Gasteiger partial charge >= 0.3 is 0 Å². The van der Waals surface area contributed by atoms with E-state index in [9.17, 15) is 9.59 Å². The van der Waals surface area contributed by atoms with E-state index in [1.165, 1.54) is 0 Å². The number of rotatable bonds is 8. The number of nitrogens with zero attached hydrogens (tertiary/aromatic N) is 2. The van der Waals surface area contributed by atoms with Crippen LogP contribution in [0.3, 0.4) is 0 Å². The number of ether oxygens (including phenoxy) is 1. The second-order valence-corrected chi connectivity index (χ2v) is 7.57. The summed E-state index contributed by atoms with van der Waals surface area (Å²) in [7, 11) is 1.65. The van der Waals surface area contributed by atoms with Crippen LogP contribution in [0.1, 0.15) is 40.0 Å². The number of methoxy groups -OCH3 is 1. The first-order chi connectivity index (χ1) is 12.9. The van der Waals surface area contributed by atoms with Crippen molar-refractivity contribution in [3.8, 4) is 5.75 Å². The van der Waals surface area contributed by atoms with Crippen LogP contribution in [0, 0.1) is 5.41 Å². The van der Waals surface area contributed by atoms with E-state index in [0.717, 1.165) is 43.8 Å². The van der Waals surface area contributed by atoms with Gasteiger partial charge in [-0.05, 0) is 44.5 Å². The molecule has 0 atom stereocenters. The van der Waals surface area contributed by atoms with Gasteiger partial charge in [0.05, 0.1) is 7.11 Å². The van der Waals surface area contributed by atoms with E-state index >= 15 is 0 Å². The Morgan fingerprint density at radius 2 is 1.70 bits per heavy atom. The van der Waals surface area contributed by atoms with Gasteiger partial charge in [0, 0.05) is 38.4 Å². The van der Waals surface area contributed by atoms with Gasteiger partial charge in [0.1, 0.15) is 11.2 Å². The predicted octanol–water partition coefficient (Wildman–Crippen LogP) is 2.68. The third kappa shape index (κ3) is 5.37. The summed E-state index contributed by atoms with van der Waals surface area (Å²) in [6, 6.07) is 7.95. The Kier molecular flexibility index (Phi) is 7.51. The fourth-order valence-electron chi connectivity index (χ4n) is 3.25. The lowest BCUT2D eigenvalue weighted by atomic mass is 9.90. The lowest BCUT2D eigenvalue weighted by molar-refractivity contribution is -0.148. The van der Waals surface area contributed by atoms with Crippen molar-refractivity contribution < 1.29 is 14.3 Å². The number of carbonyl (C=O) groups is 2. The van der Waals surface area contributed by atoms with Crippen LogP contribution in [0.4, 0.5) is 5.69 Å². The van der Waals surface area contributed by atoms with Gasteiger partial charge in [-0.2, -0.15) is 0 Å². The van der Waals surface area contributed by atoms with Gasteiger partial charge in [0.15, 0.2) is 0 Å². The fourth-order valence-corrected chi connectivity index (χ4v) is 3.25. The molecule has 1 fully saturated rings.